The number of aliphatic carboxylic acids is 2. The van der Waals surface area contributed by atoms with E-state index in [9.17, 15) is 63.9 Å². The molecular weight excluding hydrogens is 1540 g/mol. The maximum absolute atomic E-state index is 15.5. The monoisotopic (exact) mass is 1630 g/mol. The number of methoxy groups -OCH3 is 4. The number of aliphatic hydroxyl groups excluding tert-OH is 3. The van der Waals surface area contributed by atoms with Gasteiger partial charge in [0.25, 0.3) is 5.91 Å². The molecule has 4 fully saturated rings. The summed E-state index contributed by atoms with van der Waals surface area (Å²) in [6.07, 6.45) is -5.85. The van der Waals surface area contributed by atoms with E-state index in [1.165, 1.54) is 33.1 Å². The summed E-state index contributed by atoms with van der Waals surface area (Å²) < 4.78 is 51.6. The van der Waals surface area contributed by atoms with Crippen molar-refractivity contribution in [2.75, 3.05) is 47.0 Å². The first-order valence-electron chi connectivity index (χ1n) is 32.3. The van der Waals surface area contributed by atoms with Crippen LogP contribution >= 0.6 is 0 Å². The zero-order chi connectivity index (χ0) is 74.1. The van der Waals surface area contributed by atoms with Crippen molar-refractivity contribution in [3.8, 4) is 23.0 Å². The van der Waals surface area contributed by atoms with E-state index in [1.54, 1.807) is 126 Å². The molecule has 564 valence electrons. The number of anilines is 1. The number of fused-ring (bicyclic) bond motifs is 5. The zero-order valence-corrected chi connectivity index (χ0v) is 61.4. The Kier molecular flexibility index (Phi) is 29.0. The molecule has 5 aromatic carbocycles. The minimum absolute atomic E-state index is 0. The van der Waals surface area contributed by atoms with Gasteiger partial charge in [0.2, 0.25) is 11.7 Å². The van der Waals surface area contributed by atoms with E-state index in [4.69, 9.17) is 53.5 Å². The summed E-state index contributed by atoms with van der Waals surface area (Å²) in [6.45, 7) is 7.52. The van der Waals surface area contributed by atoms with Crippen LogP contribution in [-0.4, -0.2) is 169 Å². The molecule has 0 spiro atoms. The summed E-state index contributed by atoms with van der Waals surface area (Å²) in [4.78, 5) is 116. The van der Waals surface area contributed by atoms with Crippen LogP contribution < -0.4 is 57.8 Å². The topological polar surface area (TPSA) is 484 Å². The fourth-order valence-electron chi connectivity index (χ4n) is 13.8. The third-order valence-corrected chi connectivity index (χ3v) is 19.6. The van der Waals surface area contributed by atoms with Crippen molar-refractivity contribution in [1.82, 2.24) is 17.6 Å². The molecule has 0 aromatic heterocycles. The summed E-state index contributed by atoms with van der Waals surface area (Å²) in [5.74, 6) is -8.28. The van der Waals surface area contributed by atoms with Crippen LogP contribution in [0.1, 0.15) is 117 Å². The average Bonchev–Trinajstić information content (AvgIpc) is 0.668. The summed E-state index contributed by atoms with van der Waals surface area (Å²) in [7, 11) is 6.16. The van der Waals surface area contributed by atoms with E-state index in [2.05, 4.69) is 10.6 Å². The number of hydrogen-bond donors (Lipinski definition) is 9. The number of hydrogen-bond acceptors (Lipinski definition) is 27. The predicted molar refractivity (Wildman–Crippen MR) is 366 cm³/mol. The summed E-state index contributed by atoms with van der Waals surface area (Å²) >= 11 is 0. The first-order valence-corrected chi connectivity index (χ1v) is 32.3. The van der Waals surface area contributed by atoms with E-state index in [0.29, 0.717) is 40.7 Å². The third-order valence-electron chi connectivity index (χ3n) is 19.6. The molecule has 2 amide bonds. The quantitative estimate of drug-likeness (QED) is 0.0165. The second kappa shape index (κ2) is 35.4. The van der Waals surface area contributed by atoms with Crippen molar-refractivity contribution in [2.24, 2.45) is 27.9 Å². The maximum atomic E-state index is 15.5. The van der Waals surface area contributed by atoms with E-state index in [1.807, 2.05) is 30.4 Å². The van der Waals surface area contributed by atoms with Gasteiger partial charge >= 0.3 is 44.9 Å². The number of rotatable bonds is 21. The molecule has 104 heavy (non-hydrogen) atoms. The van der Waals surface area contributed by atoms with E-state index < -0.39 is 149 Å². The summed E-state index contributed by atoms with van der Waals surface area (Å²) in [5.41, 5.74) is -1.03. The number of nitrogens with one attached hydrogen (secondary N) is 2. The summed E-state index contributed by atoms with van der Waals surface area (Å²) in [6, 6.07) is 30.9. The van der Waals surface area contributed by atoms with E-state index in [0.717, 1.165) is 25.0 Å². The van der Waals surface area contributed by atoms with Crippen LogP contribution in [0.25, 0.3) is 12.2 Å². The number of ketones is 1. The number of carbonyl (C=O) groups excluding carboxylic acids is 9. The van der Waals surface area contributed by atoms with Gasteiger partial charge in [-0.25, -0.2) is 9.59 Å². The molecule has 1 heterocycles. The number of carboxylic acid groups (broad SMARTS) is 2. The third kappa shape index (κ3) is 17.0. The van der Waals surface area contributed by atoms with Crippen LogP contribution in [0.15, 0.2) is 132 Å². The molecule has 2 bridgehead atoms. The SMILES string of the molecule is CC(=O)O[C@H]1C(=O)[C@@]2(C)[C@H]([C@H](OC(=O)c3ccccc3)[C@]3(O)C[C@H](OC(=O)[C@H](O)[C@@H](NC(=O)c4ccccc4)c4ccccc4)C(C)=C1C3(C)C)[C@]1(OC(C)=O)CO[C@@H]1C[C@@H]2O.COc1ccc(/C=C\c2cc(OC)c(OC)c(OC)c2)cc1NC(=O)[C@@H](N)CO.N.N.O=C([O-])C1(C(=O)[O-])CCC1.[Pt+2]. The number of amides is 2. The molecule has 29 nitrogen and oxygen atoms in total. The number of aliphatic hydroxyl groups is 4. The molecule has 10 rings (SSSR count). The van der Waals surface area contributed by atoms with Crippen LogP contribution in [0.5, 0.6) is 23.0 Å². The van der Waals surface area contributed by atoms with Gasteiger partial charge in [0.15, 0.2) is 35.1 Å². The molecule has 14 N–H and O–H groups in total. The van der Waals surface area contributed by atoms with Crippen molar-refractivity contribution < 1.29 is 137 Å². The Morgan fingerprint density at radius 2 is 1.28 bits per heavy atom. The molecule has 0 radical (unpaired) electrons. The Morgan fingerprint density at radius 1 is 0.731 bits per heavy atom. The van der Waals surface area contributed by atoms with Crippen LogP contribution in [0.2, 0.25) is 0 Å². The van der Waals surface area contributed by atoms with Gasteiger partial charge in [-0.15, -0.1) is 0 Å². The van der Waals surface area contributed by atoms with E-state index >= 15 is 4.79 Å². The number of carboxylic acids is 2. The second-order valence-electron chi connectivity index (χ2n) is 25.9. The number of Topliss-reactive ketones (excluding diaryl/α,β-unsaturated/α-hetero) is 1. The van der Waals surface area contributed by atoms with Crippen LogP contribution in [0.4, 0.5) is 5.69 Å². The standard InChI is InChI=1S/C47H51NO14.C21H26N2O6.C6H8O4.2H3N.Pt/c1-25-31(60-43(56)36(52)35(28-16-10-7-11-17-28)48-41(54)29-18-12-8-13-19-29)23-47(57)40(61-42(55)30-20-14-9-15-21-30)38-45(6,32(51)22-33-46(38,24-58-33)62-27(3)50)39(53)37(59-26(2)49)34(25)44(47,4)5;1-26-17-8-7-13(9-16(17)23-21(25)15(22)12-24)5-6-14-10-18(27-2)20(29-4)19(11-14)28-3;7-4(8)6(5(9)10)2-1-3-6;;;/h7-21,31-33,35-38,40,51-52,57H,22-24H2,1-6H3,(H,48,54);5-11,15,24H,12,22H2,1-4H3,(H,23,25);1-3H2,(H,7,8)(H,9,10);2*1H3;/q;;;;;+2/p-2/b;6-5-;;;;/t31-,32-,33+,35-,36+,37+,38-,40-,45+,46-,47+;15-;;;;/m00..../s1. The minimum Gasteiger partial charge on any atom is -0.549 e. The minimum atomic E-state index is -2.39. The number of benzene rings is 5. The van der Waals surface area contributed by atoms with Gasteiger partial charge in [-0.3, -0.25) is 24.0 Å². The molecule has 0 unspecified atom stereocenters. The normalized spacial score (nSPS) is 24.3. The van der Waals surface area contributed by atoms with Crippen molar-refractivity contribution in [2.45, 2.75) is 134 Å². The number of carbonyl (C=O) groups is 9. The number of nitrogens with two attached hydrogens (primary N) is 1. The van der Waals surface area contributed by atoms with Gasteiger partial charge in [-0.05, 0) is 103 Å². The molecule has 1 aliphatic heterocycles. The molecular formula is C74H89N5O24Pt. The van der Waals surface area contributed by atoms with Crippen LogP contribution in [-0.2, 0) is 78.3 Å². The molecule has 30 heteroatoms. The van der Waals surface area contributed by atoms with Gasteiger partial charge in [-0.2, -0.15) is 0 Å². The Hall–Kier alpha value is -9.42. The molecule has 12 atom stereocenters. The predicted octanol–water partition coefficient (Wildman–Crippen LogP) is 3.86. The van der Waals surface area contributed by atoms with Crippen LogP contribution in [0, 0.1) is 22.2 Å². The Labute approximate surface area is 615 Å². The molecule has 5 aromatic rings. The average molecular weight is 1630 g/mol. The first kappa shape index (κ1) is 85.2. The number of ether oxygens (including phenoxy) is 9. The van der Waals surface area contributed by atoms with Crippen molar-refractivity contribution >= 4 is 71.3 Å². The van der Waals surface area contributed by atoms with Gasteiger partial charge < -0.3 is 112 Å². The van der Waals surface area contributed by atoms with Crippen molar-refractivity contribution in [3.05, 3.63) is 160 Å². The Bertz CT molecular complexity index is 3950. The fraction of sp³-hybridized carbons (Fsp3) is 0.419. The van der Waals surface area contributed by atoms with Gasteiger partial charge in [0.05, 0.1) is 88.3 Å². The Morgan fingerprint density at radius 3 is 1.75 bits per heavy atom. The molecule has 3 saturated carbocycles. The number of esters is 4. The second-order valence-corrected chi connectivity index (χ2v) is 25.9. The van der Waals surface area contributed by atoms with Gasteiger partial charge in [-0.1, -0.05) is 105 Å². The Balaban J connectivity index is 0.000000383. The fourth-order valence-corrected chi connectivity index (χ4v) is 13.8. The molecule has 5 aliphatic rings. The van der Waals surface area contributed by atoms with Gasteiger partial charge in [0.1, 0.15) is 35.7 Å². The smallest absolute Gasteiger partial charge is 0.549 e. The van der Waals surface area contributed by atoms with E-state index in [-0.39, 0.29) is 81.5 Å². The van der Waals surface area contributed by atoms with Crippen molar-refractivity contribution in [1.29, 1.82) is 0 Å². The molecule has 4 aliphatic carbocycles. The van der Waals surface area contributed by atoms with Crippen molar-refractivity contribution in [3.63, 3.8) is 0 Å². The summed E-state index contributed by atoms with van der Waals surface area (Å²) in [5, 5.41) is 72.4. The maximum Gasteiger partial charge on any atom is 2.00 e. The largest absolute Gasteiger partial charge is 2.00 e. The molecule has 1 saturated heterocycles. The zero-order valence-electron chi connectivity index (χ0n) is 59.1. The van der Waals surface area contributed by atoms with Gasteiger partial charge in [0, 0.05) is 43.1 Å². The first-order chi connectivity index (χ1) is 47.8. The van der Waals surface area contributed by atoms with Crippen LogP contribution in [0.3, 0.4) is 0 Å².